The maximum Gasteiger partial charge on any atom is 0.293 e. The summed E-state index contributed by atoms with van der Waals surface area (Å²) in [6.07, 6.45) is 4.24. The third kappa shape index (κ3) is 6.21. The van der Waals surface area contributed by atoms with Gasteiger partial charge < -0.3 is 20.3 Å². The summed E-state index contributed by atoms with van der Waals surface area (Å²) in [7, 11) is 1.52. The van der Waals surface area contributed by atoms with Crippen LogP contribution in [0.15, 0.2) is 18.2 Å². The highest BCUT2D eigenvalue weighted by Crippen LogP contribution is 2.31. The molecule has 2 rings (SSSR count). The molecule has 0 unspecified atom stereocenters. The molecule has 0 spiro atoms. The van der Waals surface area contributed by atoms with Crippen LogP contribution in [0.3, 0.4) is 0 Å². The number of nitro groups is 1. The SMILES string of the molecule is COCCNC(=O)CNC(=O)c1ccc(N2CCCCCC2)c([N+](=O)[O-])c1. The number of anilines is 1. The highest BCUT2D eigenvalue weighted by atomic mass is 16.6. The number of nitro benzene ring substituents is 1. The topological polar surface area (TPSA) is 114 Å². The molecule has 9 heteroatoms. The summed E-state index contributed by atoms with van der Waals surface area (Å²) < 4.78 is 4.82. The van der Waals surface area contributed by atoms with Crippen LogP contribution in [0, 0.1) is 10.1 Å². The number of nitrogens with zero attached hydrogens (tertiary/aromatic N) is 2. The molecule has 9 nitrogen and oxygen atoms in total. The van der Waals surface area contributed by atoms with Crippen LogP contribution in [0.4, 0.5) is 11.4 Å². The second-order valence-corrected chi connectivity index (χ2v) is 6.39. The van der Waals surface area contributed by atoms with Crippen molar-refractivity contribution in [3.05, 3.63) is 33.9 Å². The number of hydrogen-bond acceptors (Lipinski definition) is 6. The van der Waals surface area contributed by atoms with Crippen LogP contribution in [0.5, 0.6) is 0 Å². The fourth-order valence-corrected chi connectivity index (χ4v) is 3.01. The fourth-order valence-electron chi connectivity index (χ4n) is 3.01. The van der Waals surface area contributed by atoms with Gasteiger partial charge in [-0.3, -0.25) is 19.7 Å². The van der Waals surface area contributed by atoms with Crippen molar-refractivity contribution in [3.8, 4) is 0 Å². The van der Waals surface area contributed by atoms with E-state index in [0.717, 1.165) is 38.8 Å². The molecule has 0 bridgehead atoms. The molecule has 2 N–H and O–H groups in total. The number of amides is 2. The molecule has 1 heterocycles. The Morgan fingerprint density at radius 3 is 2.52 bits per heavy atom. The molecule has 1 aliphatic rings. The molecule has 27 heavy (non-hydrogen) atoms. The summed E-state index contributed by atoms with van der Waals surface area (Å²) in [4.78, 5) is 36.9. The smallest absolute Gasteiger partial charge is 0.293 e. The van der Waals surface area contributed by atoms with Gasteiger partial charge in [-0.2, -0.15) is 0 Å². The van der Waals surface area contributed by atoms with E-state index in [1.54, 1.807) is 12.1 Å². The zero-order valence-corrected chi connectivity index (χ0v) is 15.5. The molecule has 1 aromatic rings. The lowest BCUT2D eigenvalue weighted by molar-refractivity contribution is -0.384. The van der Waals surface area contributed by atoms with E-state index in [2.05, 4.69) is 10.6 Å². The number of carbonyl (C=O) groups excluding carboxylic acids is 2. The first-order chi connectivity index (χ1) is 13.0. The second kappa shape index (κ2) is 10.5. The van der Waals surface area contributed by atoms with E-state index in [9.17, 15) is 19.7 Å². The van der Waals surface area contributed by atoms with Crippen molar-refractivity contribution in [3.63, 3.8) is 0 Å². The minimum Gasteiger partial charge on any atom is -0.383 e. The molecule has 0 radical (unpaired) electrons. The normalized spacial score (nSPS) is 14.3. The summed E-state index contributed by atoms with van der Waals surface area (Å²) >= 11 is 0. The maximum atomic E-state index is 12.2. The molecule has 1 saturated heterocycles. The van der Waals surface area contributed by atoms with Crippen molar-refractivity contribution in [2.45, 2.75) is 25.7 Å². The average molecular weight is 378 g/mol. The highest BCUT2D eigenvalue weighted by molar-refractivity contribution is 5.97. The largest absolute Gasteiger partial charge is 0.383 e. The predicted octanol–water partition coefficient (Wildman–Crippen LogP) is 1.47. The van der Waals surface area contributed by atoms with Crippen molar-refractivity contribution < 1.29 is 19.2 Å². The van der Waals surface area contributed by atoms with Gasteiger partial charge in [-0.05, 0) is 25.0 Å². The number of benzene rings is 1. The van der Waals surface area contributed by atoms with Gasteiger partial charge in [0.2, 0.25) is 5.91 Å². The van der Waals surface area contributed by atoms with Gasteiger partial charge in [0.25, 0.3) is 11.6 Å². The molecule has 1 fully saturated rings. The average Bonchev–Trinajstić information content (AvgIpc) is 2.95. The Labute approximate surface area is 158 Å². The predicted molar refractivity (Wildman–Crippen MR) is 101 cm³/mol. The van der Waals surface area contributed by atoms with E-state index in [0.29, 0.717) is 18.8 Å². The van der Waals surface area contributed by atoms with E-state index in [4.69, 9.17) is 4.74 Å². The Bertz CT molecular complexity index is 672. The van der Waals surface area contributed by atoms with Crippen molar-refractivity contribution >= 4 is 23.2 Å². The molecular formula is C18H26N4O5. The number of hydrogen-bond donors (Lipinski definition) is 2. The van der Waals surface area contributed by atoms with Crippen LogP contribution in [-0.2, 0) is 9.53 Å². The monoisotopic (exact) mass is 378 g/mol. The van der Waals surface area contributed by atoms with Gasteiger partial charge in [0.05, 0.1) is 18.1 Å². The Balaban J connectivity index is 2.04. The van der Waals surface area contributed by atoms with Crippen LogP contribution in [0.1, 0.15) is 36.0 Å². The molecule has 0 aromatic heterocycles. The third-order valence-electron chi connectivity index (χ3n) is 4.42. The zero-order chi connectivity index (χ0) is 19.6. The summed E-state index contributed by atoms with van der Waals surface area (Å²) in [5, 5.41) is 16.6. The maximum absolute atomic E-state index is 12.2. The molecule has 0 saturated carbocycles. The molecule has 1 aromatic carbocycles. The highest BCUT2D eigenvalue weighted by Gasteiger charge is 2.22. The van der Waals surface area contributed by atoms with E-state index in [1.807, 2.05) is 4.90 Å². The van der Waals surface area contributed by atoms with Gasteiger partial charge in [0.1, 0.15) is 5.69 Å². The molecule has 0 aliphatic carbocycles. The van der Waals surface area contributed by atoms with Gasteiger partial charge in [-0.15, -0.1) is 0 Å². The standard InChI is InChI=1S/C18H26N4O5/c1-27-11-8-19-17(23)13-20-18(24)14-6-7-15(16(12-14)22(25)26)21-9-4-2-3-5-10-21/h6-7,12H,2-5,8-11,13H2,1H3,(H,19,23)(H,20,24). The first-order valence-corrected chi connectivity index (χ1v) is 9.10. The van der Waals surface area contributed by atoms with Crippen LogP contribution in [0.25, 0.3) is 0 Å². The number of nitrogens with one attached hydrogen (secondary N) is 2. The van der Waals surface area contributed by atoms with Crippen molar-refractivity contribution in [1.82, 2.24) is 10.6 Å². The van der Waals surface area contributed by atoms with Crippen LogP contribution in [0.2, 0.25) is 0 Å². The van der Waals surface area contributed by atoms with Gasteiger partial charge in [0, 0.05) is 38.4 Å². The molecule has 2 amide bonds. The first-order valence-electron chi connectivity index (χ1n) is 9.10. The molecule has 148 valence electrons. The Morgan fingerprint density at radius 2 is 1.89 bits per heavy atom. The number of methoxy groups -OCH3 is 1. The second-order valence-electron chi connectivity index (χ2n) is 6.39. The number of ether oxygens (including phenoxy) is 1. The lowest BCUT2D eigenvalue weighted by atomic mass is 10.1. The minimum atomic E-state index is -0.526. The Hall–Kier alpha value is -2.68. The van der Waals surface area contributed by atoms with E-state index < -0.39 is 10.8 Å². The van der Waals surface area contributed by atoms with Gasteiger partial charge in [-0.1, -0.05) is 12.8 Å². The summed E-state index contributed by atoms with van der Waals surface area (Å²) in [6.45, 7) is 2.07. The van der Waals surface area contributed by atoms with E-state index in [1.165, 1.54) is 13.2 Å². The lowest BCUT2D eigenvalue weighted by Crippen LogP contribution is -2.38. The summed E-state index contributed by atoms with van der Waals surface area (Å²) in [5.41, 5.74) is 0.606. The van der Waals surface area contributed by atoms with Gasteiger partial charge >= 0.3 is 0 Å². The lowest BCUT2D eigenvalue weighted by Gasteiger charge is -2.22. The minimum absolute atomic E-state index is 0.0888. The summed E-state index contributed by atoms with van der Waals surface area (Å²) in [6, 6.07) is 4.46. The van der Waals surface area contributed by atoms with Gasteiger partial charge in [-0.25, -0.2) is 0 Å². The number of rotatable bonds is 8. The zero-order valence-electron chi connectivity index (χ0n) is 15.5. The number of carbonyl (C=O) groups is 2. The summed E-state index contributed by atoms with van der Waals surface area (Å²) in [5.74, 6) is -0.876. The van der Waals surface area contributed by atoms with Crippen LogP contribution in [-0.4, -0.2) is 56.6 Å². The van der Waals surface area contributed by atoms with E-state index >= 15 is 0 Å². The first kappa shape index (κ1) is 20.6. The Kier molecular flexibility index (Phi) is 8.00. The van der Waals surface area contributed by atoms with E-state index in [-0.39, 0.29) is 23.7 Å². The fraction of sp³-hybridized carbons (Fsp3) is 0.556. The van der Waals surface area contributed by atoms with Crippen molar-refractivity contribution in [2.75, 3.05) is 44.8 Å². The Morgan fingerprint density at radius 1 is 1.19 bits per heavy atom. The molecular weight excluding hydrogens is 352 g/mol. The van der Waals surface area contributed by atoms with Gasteiger partial charge in [0.15, 0.2) is 0 Å². The van der Waals surface area contributed by atoms with Crippen molar-refractivity contribution in [1.29, 1.82) is 0 Å². The molecule has 1 aliphatic heterocycles. The van der Waals surface area contributed by atoms with Crippen LogP contribution < -0.4 is 15.5 Å². The quantitative estimate of drug-likeness (QED) is 0.402. The van der Waals surface area contributed by atoms with Crippen molar-refractivity contribution in [2.24, 2.45) is 0 Å². The third-order valence-corrected chi connectivity index (χ3v) is 4.42. The molecule has 0 atom stereocenters. The van der Waals surface area contributed by atoms with Crippen LogP contribution >= 0.6 is 0 Å².